The SMILES string of the molecule is C=C[C@@H]1CC1(NC(=O)[C@@H]1C[C@@H](Oc2nc(-c3ccc(OC(C)C)cc3)nc3c2oc2ccccc23)CN1C(=O)C(N)C(C)(C)C)C(=O)NS(=O)(=O)C1CC1.Cl. The lowest BCUT2D eigenvalue weighted by atomic mass is 9.86. The first kappa shape index (κ1) is 39.9. The zero-order valence-electron chi connectivity index (χ0n) is 31.4. The predicted octanol–water partition coefficient (Wildman–Crippen LogP) is 4.64. The Labute approximate surface area is 326 Å². The first-order valence-electron chi connectivity index (χ1n) is 18.2. The topological polar surface area (TPSA) is 196 Å². The van der Waals surface area contributed by atoms with Crippen LogP contribution >= 0.6 is 12.4 Å². The molecule has 7 rings (SSSR count). The molecule has 0 radical (unpaired) electrons. The maximum absolute atomic E-state index is 14.2. The maximum Gasteiger partial charge on any atom is 0.262 e. The molecule has 2 aromatic carbocycles. The van der Waals surface area contributed by atoms with Crippen molar-refractivity contribution >= 4 is 62.2 Å². The van der Waals surface area contributed by atoms with Crippen LogP contribution in [0.3, 0.4) is 0 Å². The van der Waals surface area contributed by atoms with E-state index in [1.807, 2.05) is 83.1 Å². The van der Waals surface area contributed by atoms with Gasteiger partial charge in [-0.25, -0.2) is 13.4 Å². The van der Waals surface area contributed by atoms with Crippen LogP contribution in [-0.4, -0.2) is 82.6 Å². The van der Waals surface area contributed by atoms with Gasteiger partial charge in [-0.2, -0.15) is 4.98 Å². The van der Waals surface area contributed by atoms with Crippen LogP contribution in [0.5, 0.6) is 11.6 Å². The Kier molecular flexibility index (Phi) is 10.7. The molecule has 4 N–H and O–H groups in total. The molecule has 2 unspecified atom stereocenters. The molecule has 0 bridgehead atoms. The van der Waals surface area contributed by atoms with E-state index in [1.165, 1.54) is 11.0 Å². The van der Waals surface area contributed by atoms with Gasteiger partial charge in [0.25, 0.3) is 11.8 Å². The number of fused-ring (bicyclic) bond motifs is 3. The van der Waals surface area contributed by atoms with E-state index in [0.717, 1.165) is 5.39 Å². The molecule has 16 heteroatoms. The number of furan rings is 1. The number of sulfonamides is 1. The van der Waals surface area contributed by atoms with Gasteiger partial charge in [-0.15, -0.1) is 19.0 Å². The lowest BCUT2D eigenvalue weighted by Crippen LogP contribution is -2.59. The molecular weight excluding hydrogens is 748 g/mol. The summed E-state index contributed by atoms with van der Waals surface area (Å²) in [6.07, 6.45) is 1.87. The van der Waals surface area contributed by atoms with Crippen LogP contribution in [0, 0.1) is 11.3 Å². The van der Waals surface area contributed by atoms with Crippen LogP contribution in [0.2, 0.25) is 0 Å². The zero-order valence-corrected chi connectivity index (χ0v) is 33.0. The van der Waals surface area contributed by atoms with Crippen molar-refractivity contribution in [2.75, 3.05) is 6.54 Å². The molecule has 2 aromatic heterocycles. The van der Waals surface area contributed by atoms with Crippen molar-refractivity contribution in [2.24, 2.45) is 17.1 Å². The van der Waals surface area contributed by atoms with E-state index in [2.05, 4.69) is 16.6 Å². The summed E-state index contributed by atoms with van der Waals surface area (Å²) in [6, 6.07) is 12.7. The highest BCUT2D eigenvalue weighted by Crippen LogP contribution is 2.46. The molecule has 0 spiro atoms. The van der Waals surface area contributed by atoms with Gasteiger partial charge in [0.15, 0.2) is 5.82 Å². The number of para-hydroxylation sites is 1. The number of aromatic nitrogens is 2. The van der Waals surface area contributed by atoms with Crippen molar-refractivity contribution < 1.29 is 36.7 Å². The monoisotopic (exact) mass is 794 g/mol. The third kappa shape index (κ3) is 7.87. The normalized spacial score (nSPS) is 22.9. The van der Waals surface area contributed by atoms with E-state index in [4.69, 9.17) is 29.6 Å². The highest BCUT2D eigenvalue weighted by molar-refractivity contribution is 7.91. The molecule has 55 heavy (non-hydrogen) atoms. The Morgan fingerprint density at radius 3 is 2.40 bits per heavy atom. The minimum absolute atomic E-state index is 0. The molecule has 2 saturated carbocycles. The lowest BCUT2D eigenvalue weighted by molar-refractivity contribution is -0.142. The summed E-state index contributed by atoms with van der Waals surface area (Å²) < 4.78 is 46.1. The van der Waals surface area contributed by atoms with Crippen molar-refractivity contribution in [1.82, 2.24) is 24.9 Å². The average Bonchev–Trinajstić information content (AvgIpc) is 4.02. The molecule has 3 amide bonds. The number of nitrogens with one attached hydrogen (secondary N) is 2. The number of amides is 3. The highest BCUT2D eigenvalue weighted by atomic mass is 35.5. The number of carbonyl (C=O) groups is 3. The molecular formula is C39H47ClN6O8S. The van der Waals surface area contributed by atoms with Gasteiger partial charge in [0, 0.05) is 23.3 Å². The Bertz CT molecular complexity index is 2250. The second-order valence-corrected chi connectivity index (χ2v) is 17.8. The number of ether oxygens (including phenoxy) is 2. The number of benzene rings is 2. The number of carbonyl (C=O) groups excluding carboxylic acids is 3. The summed E-state index contributed by atoms with van der Waals surface area (Å²) in [6.45, 7) is 13.1. The molecule has 14 nitrogen and oxygen atoms in total. The second-order valence-electron chi connectivity index (χ2n) is 15.8. The van der Waals surface area contributed by atoms with Crippen molar-refractivity contribution in [3.63, 3.8) is 0 Å². The third-order valence-electron chi connectivity index (χ3n) is 10.2. The first-order valence-corrected chi connectivity index (χ1v) is 19.7. The molecule has 2 aliphatic carbocycles. The Morgan fingerprint density at radius 1 is 1.09 bits per heavy atom. The molecule has 3 heterocycles. The smallest absolute Gasteiger partial charge is 0.262 e. The summed E-state index contributed by atoms with van der Waals surface area (Å²) in [5.41, 5.74) is 6.40. The summed E-state index contributed by atoms with van der Waals surface area (Å²) in [5, 5.41) is 2.93. The van der Waals surface area contributed by atoms with E-state index < -0.39 is 68.1 Å². The van der Waals surface area contributed by atoms with Crippen LogP contribution in [0.25, 0.3) is 33.5 Å². The molecule has 1 aliphatic heterocycles. The highest BCUT2D eigenvalue weighted by Gasteiger charge is 2.62. The summed E-state index contributed by atoms with van der Waals surface area (Å²) in [7, 11) is -3.88. The molecule has 4 aromatic rings. The zero-order chi connectivity index (χ0) is 38.7. The lowest BCUT2D eigenvalue weighted by Gasteiger charge is -2.33. The summed E-state index contributed by atoms with van der Waals surface area (Å²) in [4.78, 5) is 52.7. The van der Waals surface area contributed by atoms with Gasteiger partial charge in [0.05, 0.1) is 23.9 Å². The van der Waals surface area contributed by atoms with Gasteiger partial charge in [-0.3, -0.25) is 19.1 Å². The molecule has 294 valence electrons. The fourth-order valence-electron chi connectivity index (χ4n) is 6.83. The van der Waals surface area contributed by atoms with Gasteiger partial charge in [-0.05, 0) is 74.9 Å². The van der Waals surface area contributed by atoms with Crippen LogP contribution in [0.15, 0.2) is 65.6 Å². The van der Waals surface area contributed by atoms with Crippen molar-refractivity contribution in [3.8, 4) is 23.0 Å². The number of nitrogens with zero attached hydrogens (tertiary/aromatic N) is 3. The van der Waals surface area contributed by atoms with E-state index in [9.17, 15) is 22.8 Å². The Morgan fingerprint density at radius 2 is 1.78 bits per heavy atom. The second kappa shape index (κ2) is 14.7. The number of halogens is 1. The number of hydrogen-bond donors (Lipinski definition) is 3. The molecule has 1 saturated heterocycles. The Hall–Kier alpha value is -4.73. The first-order chi connectivity index (χ1) is 25.5. The van der Waals surface area contributed by atoms with Crippen LogP contribution < -0.4 is 25.2 Å². The number of likely N-dealkylation sites (tertiary alicyclic amines) is 1. The maximum atomic E-state index is 14.2. The van der Waals surface area contributed by atoms with E-state index in [-0.39, 0.29) is 43.8 Å². The molecule has 5 atom stereocenters. The standard InChI is InChI=1S/C39H46N6O8S.ClH/c1-7-23-19-39(23,37(48)44-54(49,50)26-16-17-26)43-34(46)28-18-25(20-45(28)36(47)32(40)38(4,5)6)52-35-31-30(27-10-8-9-11-29(27)53-31)41-33(42-35)22-12-14-24(15-13-22)51-21(2)3;/h7-15,21,23,25-26,28,32H,1,16-20,40H2,2-6H3,(H,43,46)(H,44,48);1H/t23-,25-,28+,32?,39?;/m1./s1. The average molecular weight is 795 g/mol. The minimum atomic E-state index is -3.88. The fraction of sp³-hybridized carbons (Fsp3) is 0.462. The number of rotatable bonds is 12. The van der Waals surface area contributed by atoms with Gasteiger partial charge >= 0.3 is 0 Å². The third-order valence-corrected chi connectivity index (χ3v) is 12.1. The van der Waals surface area contributed by atoms with E-state index >= 15 is 0 Å². The van der Waals surface area contributed by atoms with Gasteiger partial charge in [-0.1, -0.05) is 39.0 Å². The predicted molar refractivity (Wildman–Crippen MR) is 209 cm³/mol. The van der Waals surface area contributed by atoms with Crippen molar-refractivity contribution in [3.05, 3.63) is 61.2 Å². The quantitative estimate of drug-likeness (QED) is 0.169. The van der Waals surface area contributed by atoms with Gasteiger partial charge in [0.1, 0.15) is 34.5 Å². The van der Waals surface area contributed by atoms with Crippen LogP contribution in [0.4, 0.5) is 0 Å². The van der Waals surface area contributed by atoms with E-state index in [1.54, 1.807) is 0 Å². The Balaban J connectivity index is 0.00000514. The van der Waals surface area contributed by atoms with Crippen molar-refractivity contribution in [1.29, 1.82) is 0 Å². The summed E-state index contributed by atoms with van der Waals surface area (Å²) >= 11 is 0. The number of hydrogen-bond acceptors (Lipinski definition) is 11. The van der Waals surface area contributed by atoms with Gasteiger partial charge < -0.3 is 29.8 Å². The van der Waals surface area contributed by atoms with E-state index in [0.29, 0.717) is 46.7 Å². The fourth-order valence-corrected chi connectivity index (χ4v) is 8.19. The number of nitrogens with two attached hydrogens (primary N) is 1. The van der Waals surface area contributed by atoms with Crippen LogP contribution in [-0.2, 0) is 24.4 Å². The minimum Gasteiger partial charge on any atom is -0.491 e. The van der Waals surface area contributed by atoms with Crippen LogP contribution in [0.1, 0.15) is 60.3 Å². The molecule has 3 aliphatic rings. The summed E-state index contributed by atoms with van der Waals surface area (Å²) in [5.74, 6) is -1.25. The largest absolute Gasteiger partial charge is 0.491 e. The van der Waals surface area contributed by atoms with Crippen molar-refractivity contribution in [2.45, 2.75) is 95.4 Å². The molecule has 3 fully saturated rings. The van der Waals surface area contributed by atoms with Gasteiger partial charge in [0.2, 0.25) is 27.4 Å².